The van der Waals surface area contributed by atoms with Crippen LogP contribution in [0, 0.1) is 0 Å². The third-order valence-corrected chi connectivity index (χ3v) is 5.74. The fourth-order valence-electron chi connectivity index (χ4n) is 2.25. The highest BCUT2D eigenvalue weighted by atomic mass is 35.5. The summed E-state index contributed by atoms with van der Waals surface area (Å²) in [5.74, 6) is -0.357. The number of ether oxygens (including phenoxy) is 1. The van der Waals surface area contributed by atoms with Gasteiger partial charge in [-0.2, -0.15) is 17.5 Å². The van der Waals surface area contributed by atoms with Crippen molar-refractivity contribution >= 4 is 33.2 Å². The Morgan fingerprint density at radius 3 is 2.32 bits per heavy atom. The molecule has 0 radical (unpaired) electrons. The molecule has 2 aromatic rings. The van der Waals surface area contributed by atoms with Gasteiger partial charge in [0.25, 0.3) is 0 Å². The summed E-state index contributed by atoms with van der Waals surface area (Å²) in [5, 5.41) is 2.82. The molecule has 0 bridgehead atoms. The van der Waals surface area contributed by atoms with Crippen LogP contribution < -0.4 is 10.1 Å². The van der Waals surface area contributed by atoms with Crippen LogP contribution in [0.15, 0.2) is 47.4 Å². The monoisotopic (exact) mass is 436 g/mol. The van der Waals surface area contributed by atoms with Gasteiger partial charge in [-0.25, -0.2) is 8.42 Å². The lowest BCUT2D eigenvalue weighted by Crippen LogP contribution is -2.35. The third kappa shape index (κ3) is 5.15. The fourth-order valence-corrected chi connectivity index (χ4v) is 3.55. The average molecular weight is 437 g/mol. The predicted octanol–water partition coefficient (Wildman–Crippen LogP) is 3.63. The number of hydrogen-bond donors (Lipinski definition) is 1. The molecule has 0 heterocycles. The largest absolute Gasteiger partial charge is 0.495 e. The second kappa shape index (κ2) is 8.38. The summed E-state index contributed by atoms with van der Waals surface area (Å²) in [6.45, 7) is -0.570. The van der Waals surface area contributed by atoms with Crippen molar-refractivity contribution in [2.75, 3.05) is 26.0 Å². The highest BCUT2D eigenvalue weighted by molar-refractivity contribution is 7.89. The molecule has 0 saturated heterocycles. The number of nitrogens with zero attached hydrogens (tertiary/aromatic N) is 1. The van der Waals surface area contributed by atoms with E-state index in [1.54, 1.807) is 6.07 Å². The zero-order chi connectivity index (χ0) is 21.1. The minimum atomic E-state index is -4.58. The first kappa shape index (κ1) is 22.0. The molecule has 2 aromatic carbocycles. The second-order valence-corrected chi connectivity index (χ2v) is 8.16. The number of carbonyl (C=O) groups excluding carboxylic acids is 1. The van der Waals surface area contributed by atoms with Gasteiger partial charge in [-0.1, -0.05) is 11.6 Å². The minimum absolute atomic E-state index is 0.250. The van der Waals surface area contributed by atoms with Crippen molar-refractivity contribution in [2.45, 2.75) is 11.1 Å². The molecule has 6 nitrogen and oxygen atoms in total. The number of methoxy groups -OCH3 is 1. The Morgan fingerprint density at radius 1 is 1.18 bits per heavy atom. The molecular weight excluding hydrogens is 421 g/mol. The number of hydrogen-bond acceptors (Lipinski definition) is 4. The Bertz CT molecular complexity index is 963. The first-order valence-corrected chi connectivity index (χ1v) is 9.54. The Balaban J connectivity index is 2.13. The Kier molecular flexibility index (Phi) is 6.58. The molecule has 0 aliphatic carbocycles. The summed E-state index contributed by atoms with van der Waals surface area (Å²) >= 11 is 5.87. The van der Waals surface area contributed by atoms with E-state index < -0.39 is 34.2 Å². The number of likely N-dealkylation sites (N-methyl/N-ethyl adjacent to an activating group) is 1. The van der Waals surface area contributed by atoms with Crippen molar-refractivity contribution in [1.29, 1.82) is 0 Å². The number of nitrogens with one attached hydrogen (secondary N) is 1. The topological polar surface area (TPSA) is 75.7 Å². The number of amides is 1. The summed E-state index contributed by atoms with van der Waals surface area (Å²) in [7, 11) is -1.63. The molecule has 1 N–H and O–H groups in total. The highest BCUT2D eigenvalue weighted by Crippen LogP contribution is 2.30. The fraction of sp³-hybridized carbons (Fsp3) is 0.235. The lowest BCUT2D eigenvalue weighted by Gasteiger charge is -2.18. The van der Waals surface area contributed by atoms with Crippen molar-refractivity contribution in [3.63, 3.8) is 0 Å². The summed E-state index contributed by atoms with van der Waals surface area (Å²) < 4.78 is 68.6. The van der Waals surface area contributed by atoms with Crippen LogP contribution in [0.3, 0.4) is 0 Å². The molecule has 0 aromatic heterocycles. The molecule has 0 atom stereocenters. The van der Waals surface area contributed by atoms with Crippen LogP contribution in [0.2, 0.25) is 5.02 Å². The van der Waals surface area contributed by atoms with Gasteiger partial charge in [0.05, 0.1) is 29.8 Å². The SMILES string of the molecule is COc1ccc(Cl)cc1NC(=O)CN(C)S(=O)(=O)c1ccc(C(F)(F)F)cc1. The van der Waals surface area contributed by atoms with Gasteiger partial charge in [0.2, 0.25) is 15.9 Å². The summed E-state index contributed by atoms with van der Waals surface area (Å²) in [5.41, 5.74) is -0.722. The van der Waals surface area contributed by atoms with Crippen LogP contribution in [0.5, 0.6) is 5.75 Å². The van der Waals surface area contributed by atoms with Gasteiger partial charge < -0.3 is 10.1 Å². The van der Waals surface area contributed by atoms with Crippen LogP contribution in [0.1, 0.15) is 5.56 Å². The molecule has 0 aliphatic heterocycles. The predicted molar refractivity (Wildman–Crippen MR) is 97.9 cm³/mol. The molecular formula is C17H16ClF3N2O4S. The molecule has 2 rings (SSSR count). The molecule has 0 saturated carbocycles. The number of benzene rings is 2. The molecule has 0 fully saturated rings. The Hall–Kier alpha value is -2.30. The van der Waals surface area contributed by atoms with Crippen molar-refractivity contribution in [3.8, 4) is 5.75 Å². The van der Waals surface area contributed by atoms with E-state index >= 15 is 0 Å². The van der Waals surface area contributed by atoms with Gasteiger partial charge in [0, 0.05) is 12.1 Å². The lowest BCUT2D eigenvalue weighted by atomic mass is 10.2. The Labute approximate surface area is 164 Å². The lowest BCUT2D eigenvalue weighted by molar-refractivity contribution is -0.137. The van der Waals surface area contributed by atoms with E-state index in [0.717, 1.165) is 23.5 Å². The van der Waals surface area contributed by atoms with E-state index in [0.29, 0.717) is 22.9 Å². The maximum atomic E-state index is 12.6. The molecule has 0 unspecified atom stereocenters. The first-order valence-electron chi connectivity index (χ1n) is 7.72. The zero-order valence-electron chi connectivity index (χ0n) is 14.7. The van der Waals surface area contributed by atoms with Crippen molar-refractivity contribution < 1.29 is 31.1 Å². The molecule has 28 heavy (non-hydrogen) atoms. The minimum Gasteiger partial charge on any atom is -0.495 e. The number of carbonyl (C=O) groups is 1. The van der Waals surface area contributed by atoms with Crippen LogP contribution in [0.25, 0.3) is 0 Å². The van der Waals surface area contributed by atoms with E-state index in [4.69, 9.17) is 16.3 Å². The zero-order valence-corrected chi connectivity index (χ0v) is 16.3. The van der Waals surface area contributed by atoms with Crippen LogP contribution in [-0.4, -0.2) is 39.3 Å². The number of sulfonamides is 1. The smallest absolute Gasteiger partial charge is 0.416 e. The van der Waals surface area contributed by atoms with Gasteiger partial charge in [-0.05, 0) is 42.5 Å². The quantitative estimate of drug-likeness (QED) is 0.750. The number of alkyl halides is 3. The number of rotatable bonds is 6. The van der Waals surface area contributed by atoms with E-state index in [1.807, 2.05) is 0 Å². The second-order valence-electron chi connectivity index (χ2n) is 5.68. The van der Waals surface area contributed by atoms with E-state index in [2.05, 4.69) is 5.32 Å². The van der Waals surface area contributed by atoms with Gasteiger partial charge in [0.1, 0.15) is 5.75 Å². The summed E-state index contributed by atoms with van der Waals surface area (Å²) in [4.78, 5) is 11.8. The van der Waals surface area contributed by atoms with Crippen molar-refractivity contribution in [3.05, 3.63) is 53.1 Å². The summed E-state index contributed by atoms with van der Waals surface area (Å²) in [6.07, 6.45) is -4.58. The van der Waals surface area contributed by atoms with Crippen molar-refractivity contribution in [1.82, 2.24) is 4.31 Å². The average Bonchev–Trinajstić information content (AvgIpc) is 2.61. The highest BCUT2D eigenvalue weighted by Gasteiger charge is 2.31. The van der Waals surface area contributed by atoms with E-state index in [-0.39, 0.29) is 10.6 Å². The van der Waals surface area contributed by atoms with Crippen LogP contribution in [-0.2, 0) is 21.0 Å². The molecule has 1 amide bonds. The normalized spacial score (nSPS) is 12.1. The van der Waals surface area contributed by atoms with Crippen LogP contribution in [0.4, 0.5) is 18.9 Å². The van der Waals surface area contributed by atoms with Gasteiger partial charge >= 0.3 is 6.18 Å². The molecule has 0 spiro atoms. The first-order chi connectivity index (χ1) is 12.9. The van der Waals surface area contributed by atoms with Gasteiger partial charge in [0.15, 0.2) is 0 Å². The van der Waals surface area contributed by atoms with E-state index in [1.165, 1.54) is 19.2 Å². The van der Waals surface area contributed by atoms with Crippen LogP contribution >= 0.6 is 11.6 Å². The third-order valence-electron chi connectivity index (χ3n) is 3.69. The van der Waals surface area contributed by atoms with Gasteiger partial charge in [-0.15, -0.1) is 0 Å². The number of halogens is 4. The van der Waals surface area contributed by atoms with E-state index in [9.17, 15) is 26.4 Å². The number of anilines is 1. The van der Waals surface area contributed by atoms with Gasteiger partial charge in [-0.3, -0.25) is 4.79 Å². The molecule has 11 heteroatoms. The standard InChI is InChI=1S/C17H16ClF3N2O4S/c1-23(10-16(24)22-14-9-12(18)5-8-15(14)27-2)28(25,26)13-6-3-11(4-7-13)17(19,20)21/h3-9H,10H2,1-2H3,(H,22,24). The van der Waals surface area contributed by atoms with Crippen molar-refractivity contribution in [2.24, 2.45) is 0 Å². The molecule has 0 aliphatic rings. The molecule has 152 valence electrons. The maximum absolute atomic E-state index is 12.6. The Morgan fingerprint density at radius 2 is 1.79 bits per heavy atom. The summed E-state index contributed by atoms with van der Waals surface area (Å²) in [6, 6.07) is 7.52. The maximum Gasteiger partial charge on any atom is 0.416 e.